The van der Waals surface area contributed by atoms with Crippen LogP contribution in [0.3, 0.4) is 0 Å². The predicted octanol–water partition coefficient (Wildman–Crippen LogP) is 3.91. The Hall–Kier alpha value is -5.30. The third-order valence-corrected chi connectivity index (χ3v) is 9.10. The molecule has 0 aliphatic carbocycles. The van der Waals surface area contributed by atoms with Gasteiger partial charge in [0.2, 0.25) is 20.0 Å². The van der Waals surface area contributed by atoms with Crippen LogP contribution >= 0.6 is 22.7 Å². The number of amides is 2. The Kier molecular flexibility index (Phi) is 10.4. The van der Waals surface area contributed by atoms with E-state index in [9.17, 15) is 26.4 Å². The molecule has 0 aromatic carbocycles. The van der Waals surface area contributed by atoms with Gasteiger partial charge in [-0.15, -0.1) is 22.7 Å². The summed E-state index contributed by atoms with van der Waals surface area (Å²) in [7, 11) is -7.27. The summed E-state index contributed by atoms with van der Waals surface area (Å²) >= 11 is 2.82. The molecule has 6 heterocycles. The van der Waals surface area contributed by atoms with Crippen molar-refractivity contribution in [2.45, 2.75) is 0 Å². The molecule has 244 valence electrons. The summed E-state index contributed by atoms with van der Waals surface area (Å²) in [5.41, 5.74) is 2.91. The van der Waals surface area contributed by atoms with Crippen LogP contribution in [0.1, 0.15) is 21.0 Å². The van der Waals surface area contributed by atoms with Crippen molar-refractivity contribution >= 4 is 54.5 Å². The molecule has 0 atom stereocenters. The zero-order valence-electron chi connectivity index (χ0n) is 25.0. The third kappa shape index (κ3) is 9.38. The van der Waals surface area contributed by atoms with Gasteiger partial charge in [0.1, 0.15) is 21.4 Å². The van der Waals surface area contributed by atoms with E-state index in [0.29, 0.717) is 11.4 Å². The van der Waals surface area contributed by atoms with Crippen molar-refractivity contribution in [2.75, 3.05) is 12.5 Å². The number of rotatable bonds is 8. The molecule has 0 fully saturated rings. The largest absolute Gasteiger partial charge is 0.283 e. The maximum absolute atomic E-state index is 11.9. The molecule has 6 aromatic heterocycles. The molecule has 0 saturated heterocycles. The van der Waals surface area contributed by atoms with Gasteiger partial charge in [0.15, 0.2) is 0 Å². The summed E-state index contributed by atoms with van der Waals surface area (Å²) in [4.78, 5) is 50.5. The van der Waals surface area contributed by atoms with Gasteiger partial charge in [0.05, 0.1) is 33.7 Å². The fourth-order valence-electron chi connectivity index (χ4n) is 3.87. The van der Waals surface area contributed by atoms with E-state index in [0.717, 1.165) is 43.4 Å². The van der Waals surface area contributed by atoms with Gasteiger partial charge in [0.25, 0.3) is 11.8 Å². The van der Waals surface area contributed by atoms with E-state index in [2.05, 4.69) is 29.9 Å². The second-order valence-electron chi connectivity index (χ2n) is 9.77. The van der Waals surface area contributed by atoms with Crippen LogP contribution in [0.5, 0.6) is 0 Å². The van der Waals surface area contributed by atoms with Crippen LogP contribution in [-0.4, -0.2) is 71.1 Å². The van der Waals surface area contributed by atoms with E-state index < -0.39 is 31.9 Å². The van der Waals surface area contributed by atoms with Gasteiger partial charge in [-0.2, -0.15) is 0 Å². The fraction of sp³-hybridized carbons (Fsp3) is 0.0667. The lowest BCUT2D eigenvalue weighted by Gasteiger charge is -2.03. The lowest BCUT2D eigenvalue weighted by atomic mass is 10.3. The molecule has 14 nitrogen and oxygen atoms in total. The molecular formula is C30H24N8O6S4. The quantitative estimate of drug-likeness (QED) is 0.230. The van der Waals surface area contributed by atoms with Crippen LogP contribution in [0.2, 0.25) is 0 Å². The van der Waals surface area contributed by atoms with E-state index >= 15 is 0 Å². The molecule has 18 heteroatoms. The monoisotopic (exact) mass is 720 g/mol. The minimum absolute atomic E-state index is 0.0225. The first-order valence-corrected chi connectivity index (χ1v) is 19.0. The van der Waals surface area contributed by atoms with Crippen molar-refractivity contribution in [1.29, 1.82) is 0 Å². The molecule has 0 unspecified atom stereocenters. The van der Waals surface area contributed by atoms with Gasteiger partial charge in [-0.05, 0) is 48.5 Å². The Bertz CT molecular complexity index is 2130. The Balaban J connectivity index is 0.000000188. The molecule has 0 aliphatic heterocycles. The minimum Gasteiger partial charge on any atom is -0.266 e. The van der Waals surface area contributed by atoms with Gasteiger partial charge in [-0.3, -0.25) is 19.6 Å². The number of carbonyl (C=O) groups is 2. The topological polar surface area (TPSA) is 204 Å². The van der Waals surface area contributed by atoms with Gasteiger partial charge in [-0.25, -0.2) is 46.2 Å². The van der Waals surface area contributed by atoms with E-state index in [1.165, 1.54) is 34.8 Å². The molecule has 2 N–H and O–H groups in total. The van der Waals surface area contributed by atoms with E-state index in [1.807, 2.05) is 33.7 Å². The SMILES string of the molecule is CS(=O)(=O)NC(=O)c1cccc(-c2cnc(-c3cccnc3)s2)n1.CS(=O)(=O)NC(=O)c1cccc(-c2cnc(-c3cccnc3)s2)n1. The second kappa shape index (κ2) is 14.6. The molecule has 0 spiro atoms. The summed E-state index contributed by atoms with van der Waals surface area (Å²) in [6, 6.07) is 17.1. The fourth-order valence-corrected chi connectivity index (χ4v) is 6.50. The third-order valence-electron chi connectivity index (χ3n) is 5.85. The second-order valence-corrected chi connectivity index (χ2v) is 15.3. The summed E-state index contributed by atoms with van der Waals surface area (Å²) in [5, 5.41) is 1.57. The number of pyridine rings is 4. The van der Waals surface area contributed by atoms with Crippen LogP contribution in [-0.2, 0) is 20.0 Å². The van der Waals surface area contributed by atoms with Crippen molar-refractivity contribution in [1.82, 2.24) is 39.3 Å². The number of nitrogens with one attached hydrogen (secondary N) is 2. The van der Waals surface area contributed by atoms with Gasteiger partial charge >= 0.3 is 0 Å². The zero-order chi connectivity index (χ0) is 34.3. The molecule has 6 aromatic rings. The van der Waals surface area contributed by atoms with Gasteiger partial charge in [-0.1, -0.05) is 12.1 Å². The van der Waals surface area contributed by atoms with Crippen LogP contribution in [0.15, 0.2) is 97.8 Å². The highest BCUT2D eigenvalue weighted by Gasteiger charge is 2.16. The maximum atomic E-state index is 11.9. The number of hydrogen-bond donors (Lipinski definition) is 2. The highest BCUT2D eigenvalue weighted by Crippen LogP contribution is 2.31. The molecule has 0 bridgehead atoms. The number of thiazole rings is 2. The molecule has 6 rings (SSSR count). The summed E-state index contributed by atoms with van der Waals surface area (Å²) in [6.07, 6.45) is 11.9. The number of aromatic nitrogens is 6. The lowest BCUT2D eigenvalue weighted by molar-refractivity contribution is 0.0968. The molecule has 2 amide bonds. The highest BCUT2D eigenvalue weighted by atomic mass is 32.2. The first-order valence-electron chi connectivity index (χ1n) is 13.6. The van der Waals surface area contributed by atoms with Crippen LogP contribution in [0.4, 0.5) is 0 Å². The number of carbonyl (C=O) groups excluding carboxylic acids is 2. The summed E-state index contributed by atoms with van der Waals surface area (Å²) in [6.45, 7) is 0. The number of nitrogens with zero attached hydrogens (tertiary/aromatic N) is 6. The normalized spacial score (nSPS) is 11.2. The molecule has 0 aliphatic rings. The molecular weight excluding hydrogens is 697 g/mol. The molecule has 0 radical (unpaired) electrons. The number of sulfonamides is 2. The molecule has 48 heavy (non-hydrogen) atoms. The van der Waals surface area contributed by atoms with Crippen molar-refractivity contribution in [3.8, 4) is 42.3 Å². The highest BCUT2D eigenvalue weighted by molar-refractivity contribution is 7.89. The minimum atomic E-state index is -3.64. The maximum Gasteiger partial charge on any atom is 0.283 e. The van der Waals surface area contributed by atoms with Crippen molar-refractivity contribution < 1.29 is 26.4 Å². The lowest BCUT2D eigenvalue weighted by Crippen LogP contribution is -2.30. The van der Waals surface area contributed by atoms with Crippen molar-refractivity contribution in [3.05, 3.63) is 109 Å². The summed E-state index contributed by atoms with van der Waals surface area (Å²) < 4.78 is 48.4. The average molecular weight is 721 g/mol. The Morgan fingerprint density at radius 2 is 1.00 bits per heavy atom. The Morgan fingerprint density at radius 1 is 0.583 bits per heavy atom. The van der Waals surface area contributed by atoms with Crippen LogP contribution < -0.4 is 9.44 Å². The van der Waals surface area contributed by atoms with E-state index in [1.54, 1.807) is 61.4 Å². The smallest absolute Gasteiger partial charge is 0.266 e. The van der Waals surface area contributed by atoms with Gasteiger partial charge in [0, 0.05) is 48.3 Å². The Morgan fingerprint density at radius 3 is 1.35 bits per heavy atom. The Labute approximate surface area is 283 Å². The first-order chi connectivity index (χ1) is 22.8. The average Bonchev–Trinajstić information content (AvgIpc) is 3.76. The molecule has 0 saturated carbocycles. The first kappa shape index (κ1) is 34.0. The van der Waals surface area contributed by atoms with Crippen LogP contribution in [0, 0.1) is 0 Å². The summed E-state index contributed by atoms with van der Waals surface area (Å²) in [5.74, 6) is -1.53. The number of hydrogen-bond acceptors (Lipinski definition) is 14. The van der Waals surface area contributed by atoms with Crippen molar-refractivity contribution in [2.24, 2.45) is 0 Å². The predicted molar refractivity (Wildman–Crippen MR) is 182 cm³/mol. The van der Waals surface area contributed by atoms with E-state index in [-0.39, 0.29) is 11.4 Å². The van der Waals surface area contributed by atoms with Gasteiger partial charge < -0.3 is 0 Å². The standard InChI is InChI=1S/2C15H12N4O3S2/c2*1-24(21,22)19-14(20)12-6-2-5-11(18-12)13-9-17-15(23-13)10-4-3-7-16-8-10/h2*2-9H,1H3,(H,19,20). The zero-order valence-corrected chi connectivity index (χ0v) is 28.3. The van der Waals surface area contributed by atoms with Crippen LogP contribution in [0.25, 0.3) is 42.3 Å². The van der Waals surface area contributed by atoms with E-state index in [4.69, 9.17) is 0 Å². The van der Waals surface area contributed by atoms with Crippen molar-refractivity contribution in [3.63, 3.8) is 0 Å².